The molecular weight excluding hydrogens is 538 g/mol. The zero-order chi connectivity index (χ0) is 30.0. The summed E-state index contributed by atoms with van der Waals surface area (Å²) in [6, 6.07) is 21.4. The van der Waals surface area contributed by atoms with Gasteiger partial charge in [-0.05, 0) is 81.1 Å². The van der Waals surface area contributed by atoms with E-state index >= 15 is 0 Å². The van der Waals surface area contributed by atoms with Gasteiger partial charge in [0.25, 0.3) is 10.0 Å². The Morgan fingerprint density at radius 2 is 1.51 bits per heavy atom. The number of aryl methyl sites for hydroxylation is 1. The van der Waals surface area contributed by atoms with Gasteiger partial charge in [0.1, 0.15) is 18.3 Å². The molecule has 2 amide bonds. The number of sulfonamides is 1. The highest BCUT2D eigenvalue weighted by atomic mass is 32.2. The van der Waals surface area contributed by atoms with Crippen LogP contribution in [0.25, 0.3) is 0 Å². The average molecular weight is 580 g/mol. The molecule has 41 heavy (non-hydrogen) atoms. The second kappa shape index (κ2) is 14.7. The van der Waals surface area contributed by atoms with E-state index in [0.717, 1.165) is 21.9 Å². The highest BCUT2D eigenvalue weighted by Gasteiger charge is 2.34. The molecule has 0 aliphatic carbocycles. The van der Waals surface area contributed by atoms with Gasteiger partial charge in [0.2, 0.25) is 11.8 Å². The molecule has 0 aromatic heterocycles. The Balaban J connectivity index is 2.06. The lowest BCUT2D eigenvalue weighted by Gasteiger charge is -2.34. The molecule has 0 bridgehead atoms. The first kappa shape index (κ1) is 31.7. The molecule has 0 radical (unpaired) electrons. The largest absolute Gasteiger partial charge is 0.494 e. The molecule has 0 aliphatic rings. The van der Waals surface area contributed by atoms with Crippen molar-refractivity contribution in [2.24, 2.45) is 0 Å². The van der Waals surface area contributed by atoms with Crippen LogP contribution in [0.2, 0.25) is 0 Å². The number of hydrogen-bond donors (Lipinski definition) is 1. The van der Waals surface area contributed by atoms with Crippen LogP contribution in [-0.2, 0) is 26.2 Å². The second-order valence-corrected chi connectivity index (χ2v) is 11.8. The van der Waals surface area contributed by atoms with E-state index in [4.69, 9.17) is 4.74 Å². The Morgan fingerprint density at radius 1 is 0.878 bits per heavy atom. The first-order chi connectivity index (χ1) is 19.6. The zero-order valence-corrected chi connectivity index (χ0v) is 25.4. The van der Waals surface area contributed by atoms with E-state index in [1.807, 2.05) is 58.9 Å². The number of nitrogens with zero attached hydrogens (tertiary/aromatic N) is 2. The number of carbonyl (C=O) groups excluding carboxylic acids is 2. The molecule has 0 heterocycles. The van der Waals surface area contributed by atoms with Crippen molar-refractivity contribution in [1.82, 2.24) is 10.2 Å². The minimum atomic E-state index is -4.12. The summed E-state index contributed by atoms with van der Waals surface area (Å²) in [5.74, 6) is -0.149. The molecule has 0 fully saturated rings. The Morgan fingerprint density at radius 3 is 2.10 bits per heavy atom. The van der Waals surface area contributed by atoms with Crippen LogP contribution in [0, 0.1) is 6.92 Å². The van der Waals surface area contributed by atoms with Crippen LogP contribution in [0.3, 0.4) is 0 Å². The third kappa shape index (κ3) is 8.10. The second-order valence-electron chi connectivity index (χ2n) is 9.94. The zero-order valence-electron chi connectivity index (χ0n) is 24.5. The Hall–Kier alpha value is -3.85. The maximum atomic E-state index is 14.2. The first-order valence-corrected chi connectivity index (χ1v) is 15.5. The predicted molar refractivity (Wildman–Crippen MR) is 162 cm³/mol. The smallest absolute Gasteiger partial charge is 0.264 e. The van der Waals surface area contributed by atoms with E-state index in [0.29, 0.717) is 24.5 Å². The van der Waals surface area contributed by atoms with Gasteiger partial charge in [-0.2, -0.15) is 0 Å². The van der Waals surface area contributed by atoms with Crippen molar-refractivity contribution in [2.45, 2.75) is 71.0 Å². The van der Waals surface area contributed by atoms with Gasteiger partial charge in [0.15, 0.2) is 0 Å². The van der Waals surface area contributed by atoms with E-state index in [9.17, 15) is 18.0 Å². The van der Waals surface area contributed by atoms with Crippen molar-refractivity contribution < 1.29 is 22.7 Å². The lowest BCUT2D eigenvalue weighted by molar-refractivity contribution is -0.140. The third-order valence-corrected chi connectivity index (χ3v) is 8.82. The molecule has 9 heteroatoms. The van der Waals surface area contributed by atoms with Gasteiger partial charge in [0, 0.05) is 12.6 Å². The predicted octanol–water partition coefficient (Wildman–Crippen LogP) is 5.31. The van der Waals surface area contributed by atoms with Crippen LogP contribution in [-0.4, -0.2) is 50.4 Å². The Labute approximate surface area is 244 Å². The third-order valence-electron chi connectivity index (χ3n) is 7.03. The molecule has 0 unspecified atom stereocenters. The lowest BCUT2D eigenvalue weighted by Crippen LogP contribution is -2.53. The number of amides is 2. The molecule has 3 rings (SSSR count). The number of nitrogens with one attached hydrogen (secondary N) is 1. The molecule has 1 N–H and O–H groups in total. The normalized spacial score (nSPS) is 12.7. The SMILES string of the molecule is CCOc1ccc(N(CC(=O)N(Cc2ccccc2C)[C@@H](CC)C(=O)N[C@H](C)CC)S(=O)(=O)c2ccccc2)cc1. The van der Waals surface area contributed by atoms with Crippen molar-refractivity contribution in [1.29, 1.82) is 0 Å². The highest BCUT2D eigenvalue weighted by Crippen LogP contribution is 2.27. The topological polar surface area (TPSA) is 96.0 Å². The standard InChI is InChI=1S/C32H41N3O5S/c1-6-25(5)33-32(37)30(7-2)34(22-26-15-13-12-14-24(26)4)31(36)23-35(27-18-20-28(21-19-27)40-8-3)41(38,39)29-16-10-9-11-17-29/h9-21,25,30H,6-8,22-23H2,1-5H3,(H,33,37)/t25-,30+/m1/s1. The summed E-state index contributed by atoms with van der Waals surface area (Å²) in [6.45, 7) is 9.71. The van der Waals surface area contributed by atoms with E-state index in [2.05, 4.69) is 5.32 Å². The van der Waals surface area contributed by atoms with Crippen molar-refractivity contribution >= 4 is 27.5 Å². The lowest BCUT2D eigenvalue weighted by atomic mass is 10.1. The van der Waals surface area contributed by atoms with Crippen LogP contribution < -0.4 is 14.4 Å². The van der Waals surface area contributed by atoms with Crippen LogP contribution in [0.5, 0.6) is 5.75 Å². The fraction of sp³-hybridized carbons (Fsp3) is 0.375. The maximum Gasteiger partial charge on any atom is 0.264 e. The summed E-state index contributed by atoms with van der Waals surface area (Å²) in [6.07, 6.45) is 1.11. The Bertz CT molecular complexity index is 1390. The molecular formula is C32H41N3O5S. The fourth-order valence-corrected chi connectivity index (χ4v) is 5.89. The molecule has 0 saturated heterocycles. The summed E-state index contributed by atoms with van der Waals surface area (Å²) >= 11 is 0. The number of hydrogen-bond acceptors (Lipinski definition) is 5. The first-order valence-electron chi connectivity index (χ1n) is 14.1. The van der Waals surface area contributed by atoms with Crippen molar-refractivity contribution in [3.8, 4) is 5.75 Å². The summed E-state index contributed by atoms with van der Waals surface area (Å²) < 4.78 is 34.5. The van der Waals surface area contributed by atoms with Crippen LogP contribution in [0.15, 0.2) is 83.8 Å². The molecule has 8 nitrogen and oxygen atoms in total. The van der Waals surface area contributed by atoms with Gasteiger partial charge in [-0.1, -0.05) is 56.3 Å². The minimum Gasteiger partial charge on any atom is -0.494 e. The van der Waals surface area contributed by atoms with Gasteiger partial charge >= 0.3 is 0 Å². The van der Waals surface area contributed by atoms with Crippen molar-refractivity contribution in [3.05, 3.63) is 90.0 Å². The van der Waals surface area contributed by atoms with Crippen molar-refractivity contribution in [2.75, 3.05) is 17.5 Å². The van der Waals surface area contributed by atoms with E-state index < -0.39 is 28.5 Å². The quantitative estimate of drug-likeness (QED) is 0.279. The number of anilines is 1. The van der Waals surface area contributed by atoms with Crippen LogP contribution in [0.1, 0.15) is 51.7 Å². The summed E-state index contributed by atoms with van der Waals surface area (Å²) in [5, 5.41) is 3.00. The number of ether oxygens (including phenoxy) is 1. The number of rotatable bonds is 14. The van der Waals surface area contributed by atoms with Crippen LogP contribution in [0.4, 0.5) is 5.69 Å². The summed E-state index contributed by atoms with van der Waals surface area (Å²) in [5.41, 5.74) is 2.18. The van der Waals surface area contributed by atoms with Gasteiger partial charge in [-0.25, -0.2) is 8.42 Å². The molecule has 0 aliphatic heterocycles. The Kier molecular flexibility index (Phi) is 11.3. The maximum absolute atomic E-state index is 14.2. The summed E-state index contributed by atoms with van der Waals surface area (Å²) in [4.78, 5) is 29.1. The summed E-state index contributed by atoms with van der Waals surface area (Å²) in [7, 11) is -4.12. The van der Waals surface area contributed by atoms with Gasteiger partial charge < -0.3 is 15.0 Å². The van der Waals surface area contributed by atoms with Crippen molar-refractivity contribution in [3.63, 3.8) is 0 Å². The minimum absolute atomic E-state index is 0.0636. The molecule has 220 valence electrons. The van der Waals surface area contributed by atoms with Gasteiger partial charge in [0.05, 0.1) is 17.2 Å². The number of carbonyl (C=O) groups is 2. The number of benzene rings is 3. The molecule has 0 spiro atoms. The molecule has 3 aromatic rings. The van der Waals surface area contributed by atoms with Gasteiger partial charge in [-0.15, -0.1) is 0 Å². The van der Waals surface area contributed by atoms with Crippen LogP contribution >= 0.6 is 0 Å². The monoisotopic (exact) mass is 579 g/mol. The van der Waals surface area contributed by atoms with E-state index in [1.165, 1.54) is 17.0 Å². The average Bonchev–Trinajstić information content (AvgIpc) is 2.97. The molecule has 3 aromatic carbocycles. The fourth-order valence-electron chi connectivity index (χ4n) is 4.46. The van der Waals surface area contributed by atoms with E-state index in [1.54, 1.807) is 42.5 Å². The highest BCUT2D eigenvalue weighted by molar-refractivity contribution is 7.92. The molecule has 2 atom stereocenters. The molecule has 0 saturated carbocycles. The van der Waals surface area contributed by atoms with E-state index in [-0.39, 0.29) is 23.4 Å². The van der Waals surface area contributed by atoms with Gasteiger partial charge in [-0.3, -0.25) is 13.9 Å².